The third-order valence-corrected chi connectivity index (χ3v) is 2.13. The van der Waals surface area contributed by atoms with Crippen molar-refractivity contribution in [1.29, 1.82) is 0 Å². The Morgan fingerprint density at radius 3 is 3.15 bits per heavy atom. The number of nitrogens with zero attached hydrogens (tertiary/aromatic N) is 1. The van der Waals surface area contributed by atoms with Gasteiger partial charge in [0, 0.05) is 6.61 Å². The summed E-state index contributed by atoms with van der Waals surface area (Å²) in [5, 5.41) is 9.36. The van der Waals surface area contributed by atoms with Crippen molar-refractivity contribution in [2.45, 2.75) is 18.9 Å². The van der Waals surface area contributed by atoms with Gasteiger partial charge < -0.3 is 9.57 Å². The second-order valence-corrected chi connectivity index (χ2v) is 3.02. The van der Waals surface area contributed by atoms with E-state index in [0.717, 1.165) is 12.8 Å². The van der Waals surface area contributed by atoms with Gasteiger partial charge in [0.05, 0.1) is 6.61 Å². The van der Waals surface area contributed by atoms with Crippen molar-refractivity contribution in [3.8, 4) is 0 Å². The Hall–Kier alpha value is -1.10. The first-order chi connectivity index (χ1) is 6.24. The summed E-state index contributed by atoms with van der Waals surface area (Å²) in [6.07, 6.45) is 2.86. The second kappa shape index (κ2) is 4.81. The van der Waals surface area contributed by atoms with E-state index >= 15 is 0 Å². The lowest BCUT2D eigenvalue weighted by Gasteiger charge is -2.28. The molecule has 5 heteroatoms. The van der Waals surface area contributed by atoms with Gasteiger partial charge >= 0.3 is 0 Å². The average molecular weight is 187 g/mol. The van der Waals surface area contributed by atoms with E-state index in [0.29, 0.717) is 13.2 Å². The Balaban J connectivity index is 2.45. The Morgan fingerprint density at radius 1 is 1.77 bits per heavy atom. The molecule has 0 bridgehead atoms. The number of allylic oxidation sites excluding steroid dienone is 1. The highest BCUT2D eigenvalue weighted by atomic mass is 17.0. The minimum absolute atomic E-state index is 0.164. The summed E-state index contributed by atoms with van der Waals surface area (Å²) < 4.78 is 5.10. The molecular formula is C8H13NO4. The summed E-state index contributed by atoms with van der Waals surface area (Å²) in [6, 6.07) is 0. The minimum atomic E-state index is -0.755. The number of hydrogen-bond acceptors (Lipinski definition) is 4. The highest BCUT2D eigenvalue weighted by Gasteiger charge is 2.27. The molecule has 1 saturated heterocycles. The van der Waals surface area contributed by atoms with Crippen LogP contribution in [0.1, 0.15) is 12.8 Å². The van der Waals surface area contributed by atoms with Crippen LogP contribution in [0.15, 0.2) is 12.7 Å². The highest BCUT2D eigenvalue weighted by molar-refractivity contribution is 4.80. The van der Waals surface area contributed by atoms with E-state index in [1.165, 1.54) is 0 Å². The zero-order valence-corrected chi connectivity index (χ0v) is 7.35. The van der Waals surface area contributed by atoms with Crippen LogP contribution in [0.4, 0.5) is 0 Å². The van der Waals surface area contributed by atoms with Gasteiger partial charge in [0.1, 0.15) is 6.10 Å². The maximum atomic E-state index is 10.1. The lowest BCUT2D eigenvalue weighted by molar-refractivity contribution is -0.771. The van der Waals surface area contributed by atoms with Gasteiger partial charge in [-0.1, -0.05) is 6.08 Å². The molecule has 2 atom stereocenters. The smallest absolute Gasteiger partial charge is 0.294 e. The quantitative estimate of drug-likeness (QED) is 0.376. The molecule has 0 aromatic carbocycles. The van der Waals surface area contributed by atoms with Crippen LogP contribution in [0.5, 0.6) is 0 Å². The molecule has 1 aliphatic rings. The average Bonchev–Trinajstić information content (AvgIpc) is 2.08. The monoisotopic (exact) mass is 187 g/mol. The van der Waals surface area contributed by atoms with Crippen LogP contribution < -0.4 is 0 Å². The van der Waals surface area contributed by atoms with Crippen molar-refractivity contribution in [3.63, 3.8) is 0 Å². The molecule has 1 heterocycles. The molecule has 74 valence electrons. The zero-order chi connectivity index (χ0) is 9.68. The van der Waals surface area contributed by atoms with Crippen molar-refractivity contribution < 1.29 is 14.7 Å². The molecule has 0 aromatic rings. The third-order valence-electron chi connectivity index (χ3n) is 2.13. The molecule has 0 amide bonds. The maximum absolute atomic E-state index is 10.1. The standard InChI is InChI=1S/C8H13NO4/c1-2-3-7-4-5-12-6-8(7)13-9(10)11/h2,7-8H,1,3-6H2. The van der Waals surface area contributed by atoms with Crippen LogP contribution in [0.2, 0.25) is 0 Å². The number of hydrogen-bond donors (Lipinski definition) is 0. The van der Waals surface area contributed by atoms with E-state index in [1.54, 1.807) is 6.08 Å². The summed E-state index contributed by atoms with van der Waals surface area (Å²) in [6.45, 7) is 4.56. The summed E-state index contributed by atoms with van der Waals surface area (Å²) >= 11 is 0. The topological polar surface area (TPSA) is 61.6 Å². The molecule has 0 saturated carbocycles. The Labute approximate surface area is 76.4 Å². The molecule has 2 unspecified atom stereocenters. The first-order valence-electron chi connectivity index (χ1n) is 4.24. The Morgan fingerprint density at radius 2 is 2.54 bits per heavy atom. The molecule has 1 rings (SSSR count). The number of ether oxygens (including phenoxy) is 1. The van der Waals surface area contributed by atoms with Gasteiger partial charge in [-0.3, -0.25) is 0 Å². The maximum Gasteiger partial charge on any atom is 0.294 e. The van der Waals surface area contributed by atoms with Gasteiger partial charge in [-0.25, -0.2) is 0 Å². The van der Waals surface area contributed by atoms with Crippen molar-refractivity contribution in [3.05, 3.63) is 22.8 Å². The Kier molecular flexibility index (Phi) is 3.70. The summed E-state index contributed by atoms with van der Waals surface area (Å²) in [5.74, 6) is 0.164. The van der Waals surface area contributed by atoms with Crippen LogP contribution in [-0.4, -0.2) is 24.4 Å². The van der Waals surface area contributed by atoms with E-state index in [2.05, 4.69) is 11.4 Å². The van der Waals surface area contributed by atoms with Gasteiger partial charge in [-0.2, -0.15) is 0 Å². The molecule has 1 aliphatic heterocycles. The highest BCUT2D eigenvalue weighted by Crippen LogP contribution is 2.22. The zero-order valence-electron chi connectivity index (χ0n) is 7.35. The molecule has 0 N–H and O–H groups in total. The lowest BCUT2D eigenvalue weighted by atomic mass is 9.94. The predicted octanol–water partition coefficient (Wildman–Crippen LogP) is 1.18. The van der Waals surface area contributed by atoms with E-state index in [4.69, 9.17) is 4.74 Å². The fourth-order valence-electron chi connectivity index (χ4n) is 1.47. The lowest BCUT2D eigenvalue weighted by Crippen LogP contribution is -2.36. The predicted molar refractivity (Wildman–Crippen MR) is 45.6 cm³/mol. The summed E-state index contributed by atoms with van der Waals surface area (Å²) in [4.78, 5) is 14.6. The molecule has 0 aliphatic carbocycles. The molecule has 0 aromatic heterocycles. The molecule has 0 radical (unpaired) electrons. The van der Waals surface area contributed by atoms with E-state index in [9.17, 15) is 10.1 Å². The van der Waals surface area contributed by atoms with Crippen LogP contribution >= 0.6 is 0 Å². The van der Waals surface area contributed by atoms with Gasteiger partial charge in [-0.05, 0) is 18.8 Å². The van der Waals surface area contributed by atoms with Gasteiger partial charge in [0.25, 0.3) is 5.09 Å². The third kappa shape index (κ3) is 3.02. The Bertz CT molecular complexity index is 195. The van der Waals surface area contributed by atoms with Crippen molar-refractivity contribution in [2.24, 2.45) is 5.92 Å². The molecular weight excluding hydrogens is 174 g/mol. The van der Waals surface area contributed by atoms with Crippen LogP contribution in [0, 0.1) is 16.0 Å². The fraction of sp³-hybridized carbons (Fsp3) is 0.750. The van der Waals surface area contributed by atoms with Gasteiger partial charge in [0.2, 0.25) is 0 Å². The van der Waals surface area contributed by atoms with Crippen molar-refractivity contribution >= 4 is 0 Å². The van der Waals surface area contributed by atoms with Crippen molar-refractivity contribution in [2.75, 3.05) is 13.2 Å². The largest absolute Gasteiger partial charge is 0.379 e. The minimum Gasteiger partial charge on any atom is -0.379 e. The number of rotatable bonds is 4. The van der Waals surface area contributed by atoms with Crippen LogP contribution in [-0.2, 0) is 9.57 Å². The first kappa shape index (κ1) is 9.98. The van der Waals surface area contributed by atoms with E-state index in [1.807, 2.05) is 0 Å². The van der Waals surface area contributed by atoms with Crippen molar-refractivity contribution in [1.82, 2.24) is 0 Å². The van der Waals surface area contributed by atoms with Gasteiger partial charge in [-0.15, -0.1) is 16.7 Å². The normalized spacial score (nSPS) is 28.0. The summed E-state index contributed by atoms with van der Waals surface area (Å²) in [5.41, 5.74) is 0. The molecule has 0 spiro atoms. The van der Waals surface area contributed by atoms with Crippen LogP contribution in [0.3, 0.4) is 0 Å². The van der Waals surface area contributed by atoms with Gasteiger partial charge in [0.15, 0.2) is 0 Å². The first-order valence-corrected chi connectivity index (χ1v) is 4.24. The van der Waals surface area contributed by atoms with Crippen LogP contribution in [0.25, 0.3) is 0 Å². The van der Waals surface area contributed by atoms with E-state index in [-0.39, 0.29) is 5.92 Å². The second-order valence-electron chi connectivity index (χ2n) is 3.02. The SMILES string of the molecule is C=CCC1CCOCC1O[N+](=O)[O-]. The fourth-order valence-corrected chi connectivity index (χ4v) is 1.47. The molecule has 5 nitrogen and oxygen atoms in total. The summed E-state index contributed by atoms with van der Waals surface area (Å²) in [7, 11) is 0. The molecule has 13 heavy (non-hydrogen) atoms. The van der Waals surface area contributed by atoms with E-state index < -0.39 is 11.2 Å². The molecule has 1 fully saturated rings.